The molecule has 1 aliphatic heterocycles. The summed E-state index contributed by atoms with van der Waals surface area (Å²) in [7, 11) is 0. The maximum absolute atomic E-state index is 13.4. The normalized spacial score (nSPS) is 23.7. The van der Waals surface area contributed by atoms with Gasteiger partial charge in [0, 0.05) is 31.7 Å². The first-order valence-electron chi connectivity index (χ1n) is 8.41. The molecular formula is C18H22FNO4. The summed E-state index contributed by atoms with van der Waals surface area (Å²) < 4.78 is 18.7. The fourth-order valence-corrected chi connectivity index (χ4v) is 3.47. The molecule has 3 rings (SSSR count). The molecule has 2 fully saturated rings. The molecule has 24 heavy (non-hydrogen) atoms. The monoisotopic (exact) mass is 335 g/mol. The molecule has 0 unspecified atom stereocenters. The van der Waals surface area contributed by atoms with E-state index in [2.05, 4.69) is 0 Å². The molecule has 1 saturated heterocycles. The van der Waals surface area contributed by atoms with E-state index in [0.29, 0.717) is 19.6 Å². The van der Waals surface area contributed by atoms with E-state index in [1.54, 1.807) is 11.0 Å². The number of hydrogen-bond acceptors (Lipinski definition) is 3. The second kappa shape index (κ2) is 7.30. The number of ether oxygens (including phenoxy) is 1. The predicted octanol–water partition coefficient (Wildman–Crippen LogP) is 2.41. The van der Waals surface area contributed by atoms with Gasteiger partial charge in [0.25, 0.3) is 0 Å². The Hall–Kier alpha value is -1.95. The van der Waals surface area contributed by atoms with Gasteiger partial charge in [-0.15, -0.1) is 0 Å². The lowest BCUT2D eigenvalue weighted by Crippen LogP contribution is -2.45. The third-order valence-electron chi connectivity index (χ3n) is 4.87. The van der Waals surface area contributed by atoms with E-state index < -0.39 is 5.97 Å². The molecule has 2 aliphatic rings. The van der Waals surface area contributed by atoms with Crippen LogP contribution in [0.4, 0.5) is 4.39 Å². The van der Waals surface area contributed by atoms with Crippen LogP contribution in [0.5, 0.6) is 0 Å². The smallest absolute Gasteiger partial charge is 0.305 e. The summed E-state index contributed by atoms with van der Waals surface area (Å²) in [6.07, 6.45) is 2.13. The molecule has 6 heteroatoms. The van der Waals surface area contributed by atoms with Gasteiger partial charge >= 0.3 is 5.97 Å². The first-order chi connectivity index (χ1) is 11.6. The molecule has 130 valence electrons. The van der Waals surface area contributed by atoms with Crippen LogP contribution < -0.4 is 0 Å². The highest BCUT2D eigenvalue weighted by atomic mass is 19.1. The zero-order valence-electron chi connectivity index (χ0n) is 13.5. The number of rotatable bonds is 6. The molecule has 2 atom stereocenters. The maximum Gasteiger partial charge on any atom is 0.305 e. The summed E-state index contributed by atoms with van der Waals surface area (Å²) in [6.45, 7) is 1.42. The van der Waals surface area contributed by atoms with E-state index in [0.717, 1.165) is 18.4 Å². The highest BCUT2D eigenvalue weighted by Crippen LogP contribution is 2.49. The summed E-state index contributed by atoms with van der Waals surface area (Å²) in [4.78, 5) is 25.5. The van der Waals surface area contributed by atoms with Gasteiger partial charge in [0.15, 0.2) is 0 Å². The van der Waals surface area contributed by atoms with Gasteiger partial charge in [-0.25, -0.2) is 4.39 Å². The molecule has 1 N–H and O–H groups in total. The molecule has 5 nitrogen and oxygen atoms in total. The van der Waals surface area contributed by atoms with Crippen molar-refractivity contribution in [1.29, 1.82) is 0 Å². The number of carboxylic acids is 1. The molecule has 1 aromatic carbocycles. The van der Waals surface area contributed by atoms with E-state index >= 15 is 0 Å². The van der Waals surface area contributed by atoms with E-state index in [9.17, 15) is 14.0 Å². The second-order valence-electron chi connectivity index (χ2n) is 6.52. The van der Waals surface area contributed by atoms with Crippen molar-refractivity contribution in [2.24, 2.45) is 5.92 Å². The van der Waals surface area contributed by atoms with Gasteiger partial charge in [-0.3, -0.25) is 9.59 Å². The minimum Gasteiger partial charge on any atom is -0.481 e. The molecule has 0 radical (unpaired) electrons. The summed E-state index contributed by atoms with van der Waals surface area (Å²) in [5.74, 6) is -1.32. The molecule has 1 aliphatic carbocycles. The summed E-state index contributed by atoms with van der Waals surface area (Å²) >= 11 is 0. The highest BCUT2D eigenvalue weighted by Gasteiger charge is 2.47. The van der Waals surface area contributed by atoms with Crippen LogP contribution in [0.2, 0.25) is 0 Å². The van der Waals surface area contributed by atoms with Crippen LogP contribution in [0.3, 0.4) is 0 Å². The van der Waals surface area contributed by atoms with Crippen molar-refractivity contribution in [3.05, 3.63) is 35.6 Å². The van der Waals surface area contributed by atoms with Gasteiger partial charge in [-0.2, -0.15) is 0 Å². The first kappa shape index (κ1) is 16.9. The summed E-state index contributed by atoms with van der Waals surface area (Å²) in [5.41, 5.74) is 0.846. The predicted molar refractivity (Wildman–Crippen MR) is 85.1 cm³/mol. The SMILES string of the molecule is O=C(O)CCN(C(=O)[C@@H]1C[C@H]1c1cccc(F)c1)C1CCOCC1. The molecule has 1 amide bonds. The van der Waals surface area contributed by atoms with Gasteiger partial charge in [0.2, 0.25) is 5.91 Å². The lowest BCUT2D eigenvalue weighted by atomic mass is 10.0. The Bertz CT molecular complexity index is 615. The van der Waals surface area contributed by atoms with E-state index in [1.165, 1.54) is 12.1 Å². The number of hydrogen-bond donors (Lipinski definition) is 1. The van der Waals surface area contributed by atoms with Crippen LogP contribution in [0, 0.1) is 11.7 Å². The first-order valence-corrected chi connectivity index (χ1v) is 8.41. The number of aliphatic carboxylic acids is 1. The Kier molecular flexibility index (Phi) is 5.14. The molecule has 1 heterocycles. The zero-order chi connectivity index (χ0) is 17.1. The van der Waals surface area contributed by atoms with Crippen LogP contribution in [-0.4, -0.2) is 47.7 Å². The minimum absolute atomic E-state index is 0.00240. The van der Waals surface area contributed by atoms with Gasteiger partial charge in [0.05, 0.1) is 6.42 Å². The Morgan fingerprint density at radius 3 is 2.71 bits per heavy atom. The van der Waals surface area contributed by atoms with Crippen LogP contribution in [-0.2, 0) is 14.3 Å². The Morgan fingerprint density at radius 1 is 1.29 bits per heavy atom. The quantitative estimate of drug-likeness (QED) is 0.867. The van der Waals surface area contributed by atoms with Crippen LogP contribution in [0.1, 0.15) is 37.2 Å². The van der Waals surface area contributed by atoms with Gasteiger partial charge in [-0.05, 0) is 42.9 Å². The molecular weight excluding hydrogens is 313 g/mol. The lowest BCUT2D eigenvalue weighted by molar-refractivity contribution is -0.141. The van der Waals surface area contributed by atoms with E-state index in [1.807, 2.05) is 6.07 Å². The van der Waals surface area contributed by atoms with E-state index in [4.69, 9.17) is 9.84 Å². The number of carbonyl (C=O) groups is 2. The third-order valence-corrected chi connectivity index (χ3v) is 4.87. The molecule has 0 aromatic heterocycles. The van der Waals surface area contributed by atoms with Gasteiger partial charge in [0.1, 0.15) is 5.82 Å². The fraction of sp³-hybridized carbons (Fsp3) is 0.556. The Balaban J connectivity index is 1.68. The van der Waals surface area contributed by atoms with Crippen LogP contribution >= 0.6 is 0 Å². The van der Waals surface area contributed by atoms with Crippen LogP contribution in [0.15, 0.2) is 24.3 Å². The highest BCUT2D eigenvalue weighted by molar-refractivity contribution is 5.83. The van der Waals surface area contributed by atoms with Crippen molar-refractivity contribution in [2.75, 3.05) is 19.8 Å². The molecule has 1 saturated carbocycles. The zero-order valence-corrected chi connectivity index (χ0v) is 13.5. The Morgan fingerprint density at radius 2 is 2.04 bits per heavy atom. The summed E-state index contributed by atoms with van der Waals surface area (Å²) in [5, 5.41) is 8.95. The standard InChI is InChI=1S/C18H22FNO4/c19-13-3-1-2-12(10-13)15-11-16(15)18(23)20(7-4-17(21)22)14-5-8-24-9-6-14/h1-3,10,14-16H,4-9,11H2,(H,21,22)/t15-,16+/m0/s1. The third kappa shape index (κ3) is 3.93. The van der Waals surface area contributed by atoms with E-state index in [-0.39, 0.29) is 42.6 Å². The lowest BCUT2D eigenvalue weighted by Gasteiger charge is -2.34. The largest absolute Gasteiger partial charge is 0.481 e. The van der Waals surface area contributed by atoms with Crippen molar-refractivity contribution >= 4 is 11.9 Å². The van der Waals surface area contributed by atoms with Gasteiger partial charge < -0.3 is 14.7 Å². The summed E-state index contributed by atoms with van der Waals surface area (Å²) in [6, 6.07) is 6.42. The van der Waals surface area contributed by atoms with Gasteiger partial charge in [-0.1, -0.05) is 12.1 Å². The number of nitrogens with zero attached hydrogens (tertiary/aromatic N) is 1. The second-order valence-corrected chi connectivity index (χ2v) is 6.52. The number of carbonyl (C=O) groups excluding carboxylic acids is 1. The van der Waals surface area contributed by atoms with Crippen molar-refractivity contribution < 1.29 is 23.8 Å². The topological polar surface area (TPSA) is 66.8 Å². The maximum atomic E-state index is 13.4. The average molecular weight is 335 g/mol. The van der Waals surface area contributed by atoms with Crippen LogP contribution in [0.25, 0.3) is 0 Å². The average Bonchev–Trinajstić information content (AvgIpc) is 3.36. The number of amides is 1. The number of benzene rings is 1. The minimum atomic E-state index is -0.905. The number of halogens is 1. The van der Waals surface area contributed by atoms with Crippen molar-refractivity contribution in [3.63, 3.8) is 0 Å². The Labute approximate surface area is 140 Å². The molecule has 1 aromatic rings. The molecule has 0 spiro atoms. The molecule has 0 bridgehead atoms. The van der Waals surface area contributed by atoms with Crippen molar-refractivity contribution in [3.8, 4) is 0 Å². The number of carboxylic acid groups (broad SMARTS) is 1. The van der Waals surface area contributed by atoms with Crippen molar-refractivity contribution in [2.45, 2.75) is 37.6 Å². The van der Waals surface area contributed by atoms with Crippen molar-refractivity contribution in [1.82, 2.24) is 4.90 Å². The fourth-order valence-electron chi connectivity index (χ4n) is 3.47.